The highest BCUT2D eigenvalue weighted by molar-refractivity contribution is 6.17. The van der Waals surface area contributed by atoms with Crippen LogP contribution >= 0.6 is 11.6 Å². The Kier molecular flexibility index (Phi) is 4.81. The van der Waals surface area contributed by atoms with Gasteiger partial charge in [-0.1, -0.05) is 19.1 Å². The first-order valence-electron chi connectivity index (χ1n) is 6.63. The number of para-hydroxylation sites is 2. The Bertz CT molecular complexity index is 583. The van der Waals surface area contributed by atoms with Gasteiger partial charge in [-0.25, -0.2) is 4.98 Å². The Labute approximate surface area is 118 Å². The van der Waals surface area contributed by atoms with Crippen LogP contribution in [0, 0.1) is 17.2 Å². The minimum Gasteiger partial charge on any atom is -0.327 e. The topological polar surface area (TPSA) is 41.6 Å². The third kappa shape index (κ3) is 3.27. The molecule has 0 saturated carbocycles. The summed E-state index contributed by atoms with van der Waals surface area (Å²) in [5, 5.41) is 8.91. The summed E-state index contributed by atoms with van der Waals surface area (Å²) >= 11 is 5.77. The molecule has 4 heteroatoms. The summed E-state index contributed by atoms with van der Waals surface area (Å²) in [6.45, 7) is 3.11. The molecular formula is C15H18ClN3. The van der Waals surface area contributed by atoms with Gasteiger partial charge in [0.1, 0.15) is 5.82 Å². The van der Waals surface area contributed by atoms with Gasteiger partial charge in [-0.2, -0.15) is 5.26 Å². The molecule has 0 aliphatic carbocycles. The van der Waals surface area contributed by atoms with Crippen LogP contribution in [0.2, 0.25) is 0 Å². The highest BCUT2D eigenvalue weighted by Crippen LogP contribution is 2.19. The van der Waals surface area contributed by atoms with E-state index < -0.39 is 0 Å². The number of nitrogens with zero attached hydrogens (tertiary/aromatic N) is 3. The molecule has 0 amide bonds. The van der Waals surface area contributed by atoms with Gasteiger partial charge in [0.15, 0.2) is 0 Å². The molecule has 1 aromatic heterocycles. The summed E-state index contributed by atoms with van der Waals surface area (Å²) < 4.78 is 2.17. The van der Waals surface area contributed by atoms with E-state index in [9.17, 15) is 0 Å². The van der Waals surface area contributed by atoms with Crippen molar-refractivity contribution >= 4 is 22.6 Å². The first kappa shape index (κ1) is 13.9. The first-order valence-corrected chi connectivity index (χ1v) is 7.16. The summed E-state index contributed by atoms with van der Waals surface area (Å²) in [7, 11) is 0. The van der Waals surface area contributed by atoms with Crippen LogP contribution < -0.4 is 0 Å². The number of fused-ring (bicyclic) bond motifs is 1. The lowest BCUT2D eigenvalue weighted by Gasteiger charge is -2.12. The maximum absolute atomic E-state index is 8.91. The minimum atomic E-state index is 0.360. The van der Waals surface area contributed by atoms with Crippen LogP contribution in [0.4, 0.5) is 0 Å². The van der Waals surface area contributed by atoms with E-state index in [1.54, 1.807) is 0 Å². The standard InChI is InChI=1S/C15H18ClN3/c1-12(6-9-16)8-11-19-14-5-3-2-4-13(14)18-15(19)7-10-17/h2-5,12H,6-9,11H2,1H3. The Morgan fingerprint density at radius 3 is 2.89 bits per heavy atom. The Balaban J connectivity index is 2.24. The number of rotatable bonds is 6. The monoisotopic (exact) mass is 275 g/mol. The zero-order chi connectivity index (χ0) is 13.7. The van der Waals surface area contributed by atoms with Crippen LogP contribution in [0.25, 0.3) is 11.0 Å². The van der Waals surface area contributed by atoms with Crippen molar-refractivity contribution in [2.75, 3.05) is 5.88 Å². The van der Waals surface area contributed by atoms with Gasteiger partial charge >= 0.3 is 0 Å². The number of nitriles is 1. The molecule has 0 fully saturated rings. The number of benzene rings is 1. The van der Waals surface area contributed by atoms with Gasteiger partial charge in [0.25, 0.3) is 0 Å². The summed E-state index contributed by atoms with van der Waals surface area (Å²) in [6, 6.07) is 10.2. The number of alkyl halides is 1. The Morgan fingerprint density at radius 1 is 1.37 bits per heavy atom. The normalized spacial score (nSPS) is 12.5. The molecule has 0 spiro atoms. The zero-order valence-electron chi connectivity index (χ0n) is 11.1. The van der Waals surface area contributed by atoms with Crippen molar-refractivity contribution in [1.82, 2.24) is 9.55 Å². The van der Waals surface area contributed by atoms with Crippen LogP contribution in [-0.2, 0) is 13.0 Å². The molecule has 0 aliphatic rings. The number of aryl methyl sites for hydroxylation is 1. The van der Waals surface area contributed by atoms with Crippen molar-refractivity contribution in [3.05, 3.63) is 30.1 Å². The number of hydrogen-bond donors (Lipinski definition) is 0. The molecule has 0 saturated heterocycles. The van der Waals surface area contributed by atoms with Gasteiger partial charge in [-0.15, -0.1) is 11.6 Å². The van der Waals surface area contributed by atoms with Crippen molar-refractivity contribution in [1.29, 1.82) is 5.26 Å². The van der Waals surface area contributed by atoms with Gasteiger partial charge in [-0.05, 0) is 30.9 Å². The predicted octanol–water partition coefficient (Wildman–Crippen LogP) is 3.76. The summed E-state index contributed by atoms with van der Waals surface area (Å²) in [5.41, 5.74) is 2.09. The van der Waals surface area contributed by atoms with E-state index in [2.05, 4.69) is 28.6 Å². The van der Waals surface area contributed by atoms with E-state index in [-0.39, 0.29) is 0 Å². The SMILES string of the molecule is CC(CCCl)CCn1c(CC#N)nc2ccccc21. The number of aromatic nitrogens is 2. The highest BCUT2D eigenvalue weighted by atomic mass is 35.5. The predicted molar refractivity (Wildman–Crippen MR) is 78.2 cm³/mol. The molecule has 2 rings (SSSR count). The Hall–Kier alpha value is -1.53. The first-order chi connectivity index (χ1) is 9.26. The summed E-state index contributed by atoms with van der Waals surface area (Å²) in [5.74, 6) is 2.16. The molecule has 1 heterocycles. The molecule has 19 heavy (non-hydrogen) atoms. The lowest BCUT2D eigenvalue weighted by molar-refractivity contribution is 0.470. The number of hydrogen-bond acceptors (Lipinski definition) is 2. The van der Waals surface area contributed by atoms with Gasteiger partial charge < -0.3 is 4.57 Å². The smallest absolute Gasteiger partial charge is 0.124 e. The van der Waals surface area contributed by atoms with Gasteiger partial charge in [0.2, 0.25) is 0 Å². The van der Waals surface area contributed by atoms with E-state index >= 15 is 0 Å². The largest absolute Gasteiger partial charge is 0.327 e. The van der Waals surface area contributed by atoms with Crippen LogP contribution in [0.3, 0.4) is 0 Å². The second kappa shape index (κ2) is 6.58. The second-order valence-electron chi connectivity index (χ2n) is 4.87. The molecule has 1 aromatic carbocycles. The fraction of sp³-hybridized carbons (Fsp3) is 0.467. The van der Waals surface area contributed by atoms with Crippen molar-refractivity contribution in [2.45, 2.75) is 32.7 Å². The molecule has 0 radical (unpaired) electrons. The zero-order valence-corrected chi connectivity index (χ0v) is 11.9. The van der Waals surface area contributed by atoms with Crippen molar-refractivity contribution in [3.63, 3.8) is 0 Å². The lowest BCUT2D eigenvalue weighted by Crippen LogP contribution is -2.07. The van der Waals surface area contributed by atoms with E-state index in [0.717, 1.165) is 36.2 Å². The molecule has 0 bridgehead atoms. The van der Waals surface area contributed by atoms with E-state index in [0.29, 0.717) is 18.2 Å². The Morgan fingerprint density at radius 2 is 2.16 bits per heavy atom. The quantitative estimate of drug-likeness (QED) is 0.753. The van der Waals surface area contributed by atoms with Crippen LogP contribution in [0.5, 0.6) is 0 Å². The molecule has 100 valence electrons. The van der Waals surface area contributed by atoms with Crippen molar-refractivity contribution < 1.29 is 0 Å². The lowest BCUT2D eigenvalue weighted by atomic mass is 10.1. The van der Waals surface area contributed by atoms with Crippen LogP contribution in [0.15, 0.2) is 24.3 Å². The fourth-order valence-electron chi connectivity index (χ4n) is 2.26. The van der Waals surface area contributed by atoms with E-state index in [1.165, 1.54) is 0 Å². The molecule has 3 nitrogen and oxygen atoms in total. The third-order valence-electron chi connectivity index (χ3n) is 3.42. The second-order valence-corrected chi connectivity index (χ2v) is 5.25. The minimum absolute atomic E-state index is 0.360. The average molecular weight is 276 g/mol. The van der Waals surface area contributed by atoms with Crippen molar-refractivity contribution in [3.8, 4) is 6.07 Å². The molecule has 1 atom stereocenters. The highest BCUT2D eigenvalue weighted by Gasteiger charge is 2.11. The molecule has 1 unspecified atom stereocenters. The molecule has 0 aliphatic heterocycles. The van der Waals surface area contributed by atoms with Crippen molar-refractivity contribution in [2.24, 2.45) is 5.92 Å². The van der Waals surface area contributed by atoms with Crippen LogP contribution in [-0.4, -0.2) is 15.4 Å². The summed E-state index contributed by atoms with van der Waals surface area (Å²) in [6.07, 6.45) is 2.45. The molecular weight excluding hydrogens is 258 g/mol. The van der Waals surface area contributed by atoms with Gasteiger partial charge in [0, 0.05) is 12.4 Å². The number of imidazole rings is 1. The van der Waals surface area contributed by atoms with E-state index in [4.69, 9.17) is 16.9 Å². The number of halogens is 1. The maximum Gasteiger partial charge on any atom is 0.124 e. The van der Waals surface area contributed by atoms with Gasteiger partial charge in [-0.3, -0.25) is 0 Å². The van der Waals surface area contributed by atoms with E-state index in [1.807, 2.05) is 18.2 Å². The van der Waals surface area contributed by atoms with Crippen LogP contribution in [0.1, 0.15) is 25.6 Å². The molecule has 2 aromatic rings. The van der Waals surface area contributed by atoms with Gasteiger partial charge in [0.05, 0.1) is 23.5 Å². The summed E-state index contributed by atoms with van der Waals surface area (Å²) in [4.78, 5) is 4.54. The molecule has 0 N–H and O–H groups in total. The average Bonchev–Trinajstić information content (AvgIpc) is 2.75. The maximum atomic E-state index is 8.91. The third-order valence-corrected chi connectivity index (χ3v) is 3.64. The fourth-order valence-corrected chi connectivity index (χ4v) is 2.63.